The van der Waals surface area contributed by atoms with Gasteiger partial charge < -0.3 is 0 Å². The van der Waals surface area contributed by atoms with E-state index in [-0.39, 0.29) is 29.6 Å². The molecule has 0 aromatic heterocycles. The average Bonchev–Trinajstić information content (AvgIpc) is 2.32. The Labute approximate surface area is 81.6 Å². The van der Waals surface area contributed by atoms with Crippen molar-refractivity contribution < 1.29 is 14.4 Å². The standard InChI is InChI=1S/C10H11NO3/c1-6(12)7-4-8(5-7)11-9(13)2-3-10(11)14/h2-3,7-8H,4-5H2,1H3. The molecule has 1 fully saturated rings. The molecule has 1 aliphatic heterocycles. The Kier molecular flexibility index (Phi) is 1.98. The molecule has 0 aromatic carbocycles. The van der Waals surface area contributed by atoms with Crippen LogP contribution in [-0.2, 0) is 14.4 Å². The fraction of sp³-hybridized carbons (Fsp3) is 0.500. The first kappa shape index (κ1) is 9.12. The normalized spacial score (nSPS) is 30.8. The van der Waals surface area contributed by atoms with Crippen LogP contribution in [0.25, 0.3) is 0 Å². The van der Waals surface area contributed by atoms with Crippen LogP contribution < -0.4 is 0 Å². The third kappa shape index (κ3) is 1.27. The van der Waals surface area contributed by atoms with Crippen LogP contribution in [0.4, 0.5) is 0 Å². The topological polar surface area (TPSA) is 54.5 Å². The summed E-state index contributed by atoms with van der Waals surface area (Å²) in [6.07, 6.45) is 3.83. The molecule has 4 heteroatoms. The second kappa shape index (κ2) is 3.04. The number of rotatable bonds is 2. The van der Waals surface area contributed by atoms with Crippen molar-refractivity contribution in [3.8, 4) is 0 Å². The van der Waals surface area contributed by atoms with Gasteiger partial charge in [0.05, 0.1) is 0 Å². The van der Waals surface area contributed by atoms with Crippen molar-refractivity contribution in [2.24, 2.45) is 5.92 Å². The smallest absolute Gasteiger partial charge is 0.253 e. The zero-order valence-corrected chi connectivity index (χ0v) is 7.90. The van der Waals surface area contributed by atoms with Crippen molar-refractivity contribution in [1.82, 2.24) is 4.90 Å². The maximum absolute atomic E-state index is 11.2. The molecule has 2 aliphatic rings. The second-order valence-electron chi connectivity index (χ2n) is 3.81. The summed E-state index contributed by atoms with van der Waals surface area (Å²) in [5.74, 6) is -0.307. The van der Waals surface area contributed by atoms with Crippen molar-refractivity contribution in [1.29, 1.82) is 0 Å². The van der Waals surface area contributed by atoms with Gasteiger partial charge in [-0.2, -0.15) is 0 Å². The van der Waals surface area contributed by atoms with Crippen molar-refractivity contribution in [2.75, 3.05) is 0 Å². The van der Waals surface area contributed by atoms with Gasteiger partial charge in [0, 0.05) is 24.1 Å². The van der Waals surface area contributed by atoms with Crippen LogP contribution >= 0.6 is 0 Å². The van der Waals surface area contributed by atoms with Gasteiger partial charge in [-0.15, -0.1) is 0 Å². The van der Waals surface area contributed by atoms with Gasteiger partial charge >= 0.3 is 0 Å². The highest BCUT2D eigenvalue weighted by Gasteiger charge is 2.41. The summed E-state index contributed by atoms with van der Waals surface area (Å²) in [5, 5.41) is 0. The highest BCUT2D eigenvalue weighted by atomic mass is 16.2. The number of imide groups is 1. The minimum absolute atomic E-state index is 0.0428. The Bertz CT molecular complexity index is 321. The Balaban J connectivity index is 1.97. The monoisotopic (exact) mass is 193 g/mol. The summed E-state index contributed by atoms with van der Waals surface area (Å²) in [5.41, 5.74) is 0. The van der Waals surface area contributed by atoms with E-state index in [9.17, 15) is 14.4 Å². The molecule has 0 unspecified atom stereocenters. The Morgan fingerprint density at radius 3 is 2.21 bits per heavy atom. The first-order chi connectivity index (χ1) is 6.59. The lowest BCUT2D eigenvalue weighted by Crippen LogP contribution is -2.49. The van der Waals surface area contributed by atoms with Gasteiger partial charge in [0.2, 0.25) is 0 Å². The molecule has 1 aliphatic carbocycles. The molecule has 2 rings (SSSR count). The van der Waals surface area contributed by atoms with Crippen LogP contribution in [-0.4, -0.2) is 28.5 Å². The quantitative estimate of drug-likeness (QED) is 0.592. The summed E-state index contributed by atoms with van der Waals surface area (Å²) in [6, 6.07) is -0.0566. The Morgan fingerprint density at radius 1 is 1.29 bits per heavy atom. The van der Waals surface area contributed by atoms with Crippen LogP contribution in [0.15, 0.2) is 12.2 Å². The summed E-state index contributed by atoms with van der Waals surface area (Å²) in [7, 11) is 0. The molecular weight excluding hydrogens is 182 g/mol. The minimum Gasteiger partial charge on any atom is -0.300 e. The zero-order valence-electron chi connectivity index (χ0n) is 7.90. The van der Waals surface area contributed by atoms with Crippen LogP contribution in [0.5, 0.6) is 0 Å². The average molecular weight is 193 g/mol. The van der Waals surface area contributed by atoms with Gasteiger partial charge in [0.1, 0.15) is 5.78 Å². The van der Waals surface area contributed by atoms with Gasteiger partial charge in [-0.3, -0.25) is 19.3 Å². The summed E-state index contributed by atoms with van der Waals surface area (Å²) in [4.78, 5) is 34.7. The van der Waals surface area contributed by atoms with E-state index in [1.165, 1.54) is 17.1 Å². The molecule has 74 valence electrons. The molecule has 0 N–H and O–H groups in total. The van der Waals surface area contributed by atoms with E-state index in [2.05, 4.69) is 0 Å². The van der Waals surface area contributed by atoms with Crippen molar-refractivity contribution >= 4 is 17.6 Å². The maximum Gasteiger partial charge on any atom is 0.253 e. The lowest BCUT2D eigenvalue weighted by molar-refractivity contribution is -0.145. The number of nitrogens with zero attached hydrogens (tertiary/aromatic N) is 1. The lowest BCUT2D eigenvalue weighted by atomic mass is 9.77. The molecule has 0 atom stereocenters. The molecule has 14 heavy (non-hydrogen) atoms. The maximum atomic E-state index is 11.2. The number of hydrogen-bond acceptors (Lipinski definition) is 3. The number of amides is 2. The fourth-order valence-electron chi connectivity index (χ4n) is 1.90. The number of Topliss-reactive ketones (excluding diaryl/α,β-unsaturated/α-hetero) is 1. The molecule has 0 radical (unpaired) electrons. The Hall–Kier alpha value is -1.45. The fourth-order valence-corrected chi connectivity index (χ4v) is 1.90. The first-order valence-electron chi connectivity index (χ1n) is 4.65. The van der Waals surface area contributed by atoms with E-state index in [4.69, 9.17) is 0 Å². The van der Waals surface area contributed by atoms with Gasteiger partial charge in [-0.05, 0) is 19.8 Å². The third-order valence-electron chi connectivity index (χ3n) is 2.90. The molecule has 1 saturated carbocycles. The van der Waals surface area contributed by atoms with Gasteiger partial charge in [-0.25, -0.2) is 0 Å². The SMILES string of the molecule is CC(=O)C1CC(N2C(=O)C=CC2=O)C1. The van der Waals surface area contributed by atoms with E-state index in [1.807, 2.05) is 0 Å². The third-order valence-corrected chi connectivity index (χ3v) is 2.90. The summed E-state index contributed by atoms with van der Waals surface area (Å²) >= 11 is 0. The summed E-state index contributed by atoms with van der Waals surface area (Å²) < 4.78 is 0. The molecule has 1 heterocycles. The van der Waals surface area contributed by atoms with E-state index in [1.54, 1.807) is 6.92 Å². The Morgan fingerprint density at radius 2 is 1.79 bits per heavy atom. The largest absolute Gasteiger partial charge is 0.300 e. The van der Waals surface area contributed by atoms with Crippen molar-refractivity contribution in [3.05, 3.63) is 12.2 Å². The molecule has 0 bridgehead atoms. The molecule has 2 amide bonds. The lowest BCUT2D eigenvalue weighted by Gasteiger charge is -2.38. The zero-order chi connectivity index (χ0) is 10.3. The highest BCUT2D eigenvalue weighted by Crippen LogP contribution is 2.33. The predicted molar refractivity (Wildman–Crippen MR) is 48.2 cm³/mol. The molecule has 4 nitrogen and oxygen atoms in total. The molecule has 0 spiro atoms. The highest BCUT2D eigenvalue weighted by molar-refractivity contribution is 6.13. The predicted octanol–water partition coefficient (Wildman–Crippen LogP) is 0.279. The number of hydrogen-bond donors (Lipinski definition) is 0. The molecule has 0 aromatic rings. The number of carbonyl (C=O) groups is 3. The van der Waals surface area contributed by atoms with E-state index >= 15 is 0 Å². The minimum atomic E-state index is -0.248. The van der Waals surface area contributed by atoms with Crippen molar-refractivity contribution in [2.45, 2.75) is 25.8 Å². The van der Waals surface area contributed by atoms with E-state index < -0.39 is 0 Å². The van der Waals surface area contributed by atoms with Gasteiger partial charge in [0.15, 0.2) is 0 Å². The van der Waals surface area contributed by atoms with Crippen LogP contribution in [0.1, 0.15) is 19.8 Å². The van der Waals surface area contributed by atoms with Crippen LogP contribution in [0.2, 0.25) is 0 Å². The van der Waals surface area contributed by atoms with Crippen molar-refractivity contribution in [3.63, 3.8) is 0 Å². The first-order valence-corrected chi connectivity index (χ1v) is 4.65. The van der Waals surface area contributed by atoms with Gasteiger partial charge in [0.25, 0.3) is 11.8 Å². The second-order valence-corrected chi connectivity index (χ2v) is 3.81. The van der Waals surface area contributed by atoms with Crippen LogP contribution in [0, 0.1) is 5.92 Å². The van der Waals surface area contributed by atoms with E-state index in [0.29, 0.717) is 12.8 Å². The molecular formula is C10H11NO3. The number of ketones is 1. The van der Waals surface area contributed by atoms with Gasteiger partial charge in [-0.1, -0.05) is 0 Å². The van der Waals surface area contributed by atoms with Crippen LogP contribution in [0.3, 0.4) is 0 Å². The molecule has 0 saturated heterocycles. The summed E-state index contributed by atoms with van der Waals surface area (Å²) in [6.45, 7) is 1.55. The van der Waals surface area contributed by atoms with E-state index in [0.717, 1.165) is 0 Å². The number of carbonyl (C=O) groups excluding carboxylic acids is 3.